The number of carboxylic acid groups (broad SMARTS) is 1. The van der Waals surface area contributed by atoms with Gasteiger partial charge in [-0.1, -0.05) is 30.3 Å². The Kier molecular flexibility index (Phi) is 4.93. The highest BCUT2D eigenvalue weighted by Crippen LogP contribution is 2.19. The Hall–Kier alpha value is -1.92. The van der Waals surface area contributed by atoms with E-state index in [1.54, 1.807) is 0 Å². The monoisotopic (exact) mass is 292 g/mol. The Morgan fingerprint density at radius 2 is 2.00 bits per heavy atom. The fourth-order valence-corrected chi connectivity index (χ4v) is 2.59. The van der Waals surface area contributed by atoms with Gasteiger partial charge in [-0.3, -0.25) is 4.79 Å². The zero-order valence-corrected chi connectivity index (χ0v) is 11.7. The highest BCUT2D eigenvalue weighted by atomic mass is 16.4. The molecular formula is C15H20N2O4. The minimum absolute atomic E-state index is 0.0365. The van der Waals surface area contributed by atoms with Crippen molar-refractivity contribution < 1.29 is 19.8 Å². The van der Waals surface area contributed by atoms with E-state index in [2.05, 4.69) is 0 Å². The fraction of sp³-hybridized carbons (Fsp3) is 0.467. The number of carbonyl (C=O) groups excluding carboxylic acids is 1. The van der Waals surface area contributed by atoms with E-state index >= 15 is 0 Å². The summed E-state index contributed by atoms with van der Waals surface area (Å²) in [6.45, 7) is 0.0365. The number of nitrogens with zero attached hydrogens (tertiary/aromatic N) is 1. The lowest BCUT2D eigenvalue weighted by Crippen LogP contribution is -2.48. The molecule has 6 nitrogen and oxygen atoms in total. The molecule has 1 aliphatic rings. The third-order valence-corrected chi connectivity index (χ3v) is 3.75. The van der Waals surface area contributed by atoms with Gasteiger partial charge in [-0.2, -0.15) is 0 Å². The number of aryl methyl sites for hydroxylation is 1. The summed E-state index contributed by atoms with van der Waals surface area (Å²) in [5, 5.41) is 18.7. The zero-order chi connectivity index (χ0) is 15.4. The lowest BCUT2D eigenvalue weighted by molar-refractivity contribution is -0.148. The highest BCUT2D eigenvalue weighted by Gasteiger charge is 2.40. The van der Waals surface area contributed by atoms with Crippen LogP contribution in [0.25, 0.3) is 0 Å². The van der Waals surface area contributed by atoms with Crippen LogP contribution in [0.4, 0.5) is 0 Å². The molecule has 6 heteroatoms. The molecule has 0 aromatic heterocycles. The summed E-state index contributed by atoms with van der Waals surface area (Å²) < 4.78 is 0. The molecule has 0 aliphatic carbocycles. The van der Waals surface area contributed by atoms with Crippen molar-refractivity contribution in [1.29, 1.82) is 0 Å². The molecule has 0 bridgehead atoms. The Balaban J connectivity index is 1.94. The molecule has 1 aromatic rings. The number of aliphatic hydroxyl groups excluding tert-OH is 1. The minimum Gasteiger partial charge on any atom is -0.480 e. The Morgan fingerprint density at radius 3 is 2.62 bits per heavy atom. The summed E-state index contributed by atoms with van der Waals surface area (Å²) in [6.07, 6.45) is 0.368. The zero-order valence-electron chi connectivity index (χ0n) is 11.7. The number of hydrogen-bond acceptors (Lipinski definition) is 4. The maximum Gasteiger partial charge on any atom is 0.326 e. The van der Waals surface area contributed by atoms with Gasteiger partial charge in [0, 0.05) is 13.0 Å². The van der Waals surface area contributed by atoms with Crippen LogP contribution < -0.4 is 5.73 Å². The molecule has 21 heavy (non-hydrogen) atoms. The second-order valence-corrected chi connectivity index (χ2v) is 5.36. The van der Waals surface area contributed by atoms with Crippen LogP contribution in [0.5, 0.6) is 0 Å². The van der Waals surface area contributed by atoms with Crippen molar-refractivity contribution in [2.24, 2.45) is 5.73 Å². The highest BCUT2D eigenvalue weighted by molar-refractivity contribution is 5.87. The number of benzene rings is 1. The molecule has 1 saturated heterocycles. The van der Waals surface area contributed by atoms with Gasteiger partial charge >= 0.3 is 5.97 Å². The number of β-amino-alcohol motifs (C(OH)–C–C–N with tert-alkyl or cyclic N) is 1. The maximum absolute atomic E-state index is 12.3. The van der Waals surface area contributed by atoms with Crippen molar-refractivity contribution in [3.05, 3.63) is 35.9 Å². The van der Waals surface area contributed by atoms with Gasteiger partial charge in [0.1, 0.15) is 6.04 Å². The lowest BCUT2D eigenvalue weighted by Gasteiger charge is -2.24. The van der Waals surface area contributed by atoms with Crippen molar-refractivity contribution in [3.8, 4) is 0 Å². The number of rotatable bonds is 5. The van der Waals surface area contributed by atoms with E-state index in [4.69, 9.17) is 10.8 Å². The predicted octanol–water partition coefficient (Wildman–Crippen LogP) is -0.00710. The van der Waals surface area contributed by atoms with Crippen molar-refractivity contribution in [1.82, 2.24) is 4.90 Å². The number of aliphatic carboxylic acids is 1. The third-order valence-electron chi connectivity index (χ3n) is 3.75. The second kappa shape index (κ2) is 6.69. The number of nitrogens with two attached hydrogens (primary N) is 1. The normalized spacial score (nSPS) is 23.0. The summed E-state index contributed by atoms with van der Waals surface area (Å²) in [5.74, 6) is -1.51. The third kappa shape index (κ3) is 3.80. The van der Waals surface area contributed by atoms with Crippen LogP contribution in [0.1, 0.15) is 18.4 Å². The molecule has 1 amide bonds. The van der Waals surface area contributed by atoms with Gasteiger partial charge in [0.15, 0.2) is 0 Å². The first kappa shape index (κ1) is 15.5. The molecule has 1 aromatic carbocycles. The fourth-order valence-electron chi connectivity index (χ4n) is 2.59. The Labute approximate surface area is 123 Å². The van der Waals surface area contributed by atoms with E-state index < -0.39 is 30.1 Å². The van der Waals surface area contributed by atoms with Gasteiger partial charge in [0.2, 0.25) is 5.91 Å². The summed E-state index contributed by atoms with van der Waals surface area (Å²) in [7, 11) is 0. The molecule has 114 valence electrons. The quantitative estimate of drug-likeness (QED) is 0.708. The second-order valence-electron chi connectivity index (χ2n) is 5.36. The van der Waals surface area contributed by atoms with Gasteiger partial charge in [0.05, 0.1) is 12.1 Å². The largest absolute Gasteiger partial charge is 0.480 e. The lowest BCUT2D eigenvalue weighted by atomic mass is 10.0. The molecule has 0 saturated carbocycles. The molecule has 0 radical (unpaired) electrons. The first-order chi connectivity index (χ1) is 9.99. The molecule has 3 atom stereocenters. The molecule has 0 spiro atoms. The van der Waals surface area contributed by atoms with E-state index in [-0.39, 0.29) is 13.0 Å². The molecule has 2 rings (SSSR count). The van der Waals surface area contributed by atoms with Crippen LogP contribution in [-0.2, 0) is 16.0 Å². The molecular weight excluding hydrogens is 272 g/mol. The van der Waals surface area contributed by atoms with E-state index in [0.29, 0.717) is 12.8 Å². The van der Waals surface area contributed by atoms with Gasteiger partial charge in [-0.15, -0.1) is 0 Å². The summed E-state index contributed by atoms with van der Waals surface area (Å²) in [6, 6.07) is 7.93. The topological polar surface area (TPSA) is 104 Å². The number of amides is 1. The van der Waals surface area contributed by atoms with Crippen molar-refractivity contribution in [2.75, 3.05) is 6.54 Å². The number of hydrogen-bond donors (Lipinski definition) is 3. The van der Waals surface area contributed by atoms with E-state index in [1.165, 1.54) is 4.90 Å². The number of likely N-dealkylation sites (tertiary alicyclic amines) is 1. The molecule has 1 aliphatic heterocycles. The predicted molar refractivity (Wildman–Crippen MR) is 76.5 cm³/mol. The first-order valence-corrected chi connectivity index (χ1v) is 7.00. The van der Waals surface area contributed by atoms with Gasteiger partial charge in [0.25, 0.3) is 0 Å². The van der Waals surface area contributed by atoms with Crippen LogP contribution in [0.15, 0.2) is 30.3 Å². The standard InChI is InChI=1S/C15H20N2O4/c16-12(7-6-10-4-2-1-3-5-10)14(19)17-9-11(18)8-13(17)15(20)21/h1-5,11-13,18H,6-9,16H2,(H,20,21)/t11-,12?,13+/m1/s1. The average Bonchev–Trinajstić information content (AvgIpc) is 2.87. The number of carboxylic acids is 1. The van der Waals surface area contributed by atoms with E-state index in [9.17, 15) is 14.7 Å². The summed E-state index contributed by atoms with van der Waals surface area (Å²) >= 11 is 0. The van der Waals surface area contributed by atoms with Gasteiger partial charge in [-0.05, 0) is 18.4 Å². The SMILES string of the molecule is NC(CCc1ccccc1)C(=O)N1C[C@H](O)C[C@H]1C(=O)O. The molecule has 1 heterocycles. The smallest absolute Gasteiger partial charge is 0.326 e. The number of carbonyl (C=O) groups is 2. The van der Waals surface area contributed by atoms with Crippen molar-refractivity contribution >= 4 is 11.9 Å². The Bertz CT molecular complexity index is 506. The molecule has 4 N–H and O–H groups in total. The van der Waals surface area contributed by atoms with Crippen LogP contribution in [0.3, 0.4) is 0 Å². The van der Waals surface area contributed by atoms with Gasteiger partial charge in [-0.25, -0.2) is 4.79 Å². The molecule has 1 unspecified atom stereocenters. The summed E-state index contributed by atoms with van der Waals surface area (Å²) in [5.41, 5.74) is 6.97. The van der Waals surface area contributed by atoms with Crippen molar-refractivity contribution in [2.45, 2.75) is 37.5 Å². The number of aliphatic hydroxyl groups is 1. The van der Waals surface area contributed by atoms with E-state index in [0.717, 1.165) is 5.56 Å². The average molecular weight is 292 g/mol. The van der Waals surface area contributed by atoms with Crippen LogP contribution >= 0.6 is 0 Å². The van der Waals surface area contributed by atoms with Crippen molar-refractivity contribution in [3.63, 3.8) is 0 Å². The van der Waals surface area contributed by atoms with Crippen LogP contribution in [0.2, 0.25) is 0 Å². The van der Waals surface area contributed by atoms with E-state index in [1.807, 2.05) is 30.3 Å². The first-order valence-electron chi connectivity index (χ1n) is 7.00. The summed E-state index contributed by atoms with van der Waals surface area (Å²) in [4.78, 5) is 24.6. The van der Waals surface area contributed by atoms with Crippen LogP contribution in [0, 0.1) is 0 Å². The molecule has 1 fully saturated rings. The minimum atomic E-state index is -1.10. The van der Waals surface area contributed by atoms with Gasteiger partial charge < -0.3 is 20.8 Å². The maximum atomic E-state index is 12.3. The Morgan fingerprint density at radius 1 is 1.33 bits per heavy atom. The van der Waals surface area contributed by atoms with Crippen LogP contribution in [-0.4, -0.2) is 51.7 Å².